The van der Waals surface area contributed by atoms with Crippen molar-refractivity contribution in [2.75, 3.05) is 0 Å². The fourth-order valence-electron chi connectivity index (χ4n) is 1.67. The Morgan fingerprint density at radius 2 is 1.57 bits per heavy atom. The Balaban J connectivity index is 2.12. The van der Waals surface area contributed by atoms with E-state index >= 15 is 0 Å². The third-order valence-electron chi connectivity index (χ3n) is 2.72. The van der Waals surface area contributed by atoms with Gasteiger partial charge < -0.3 is 0 Å². The lowest BCUT2D eigenvalue weighted by Gasteiger charge is -1.99. The molecule has 0 amide bonds. The summed E-state index contributed by atoms with van der Waals surface area (Å²) in [6.07, 6.45) is 2.46. The molecular formula is C16H11F2N3. The molecule has 2 aromatic carbocycles. The fraction of sp³-hybridized carbons (Fsp3) is 0.0625. The van der Waals surface area contributed by atoms with Gasteiger partial charge in [-0.3, -0.25) is 0 Å². The van der Waals surface area contributed by atoms with E-state index in [2.05, 4.69) is 10.2 Å². The first-order chi connectivity index (χ1) is 10.1. The van der Waals surface area contributed by atoms with Gasteiger partial charge >= 0.3 is 0 Å². The average Bonchev–Trinajstić information content (AvgIpc) is 2.46. The van der Waals surface area contributed by atoms with Gasteiger partial charge in [-0.1, -0.05) is 12.1 Å². The van der Waals surface area contributed by atoms with Crippen molar-refractivity contribution in [1.82, 2.24) is 0 Å². The molecule has 0 saturated heterocycles. The Kier molecular flexibility index (Phi) is 4.52. The van der Waals surface area contributed by atoms with Crippen molar-refractivity contribution in [3.63, 3.8) is 0 Å². The number of aryl methyl sites for hydroxylation is 1. The Labute approximate surface area is 120 Å². The van der Waals surface area contributed by atoms with E-state index in [9.17, 15) is 8.78 Å². The molecule has 0 atom stereocenters. The molecule has 0 aromatic heterocycles. The van der Waals surface area contributed by atoms with Crippen LogP contribution < -0.4 is 0 Å². The van der Waals surface area contributed by atoms with Gasteiger partial charge in [0.05, 0.1) is 29.6 Å². The van der Waals surface area contributed by atoms with Crippen molar-refractivity contribution in [1.29, 1.82) is 5.26 Å². The topological polar surface area (TPSA) is 48.5 Å². The van der Waals surface area contributed by atoms with Crippen LogP contribution in [-0.2, 0) is 0 Å². The average molecular weight is 283 g/mol. The summed E-state index contributed by atoms with van der Waals surface area (Å²) in [6, 6.07) is 11.1. The van der Waals surface area contributed by atoms with Crippen LogP contribution in [0.15, 0.2) is 46.6 Å². The number of hydrogen-bond acceptors (Lipinski definition) is 3. The first-order valence-electron chi connectivity index (χ1n) is 6.12. The Hall–Kier alpha value is -2.87. The number of nitrogens with zero attached hydrogens (tertiary/aromatic N) is 3. The Morgan fingerprint density at radius 3 is 2.14 bits per heavy atom. The minimum Gasteiger partial charge on any atom is -0.206 e. The maximum absolute atomic E-state index is 13.5. The summed E-state index contributed by atoms with van der Waals surface area (Å²) in [4.78, 5) is 0. The van der Waals surface area contributed by atoms with Crippen molar-refractivity contribution in [3.05, 3.63) is 70.3 Å². The SMILES string of the molecule is Cc1cc(F)c(C=NN=Cc2ccc(C#N)cc2)c(F)c1. The summed E-state index contributed by atoms with van der Waals surface area (Å²) < 4.78 is 27.1. The smallest absolute Gasteiger partial charge is 0.135 e. The summed E-state index contributed by atoms with van der Waals surface area (Å²) in [5.74, 6) is -1.35. The molecular weight excluding hydrogens is 272 g/mol. The lowest BCUT2D eigenvalue weighted by atomic mass is 10.1. The van der Waals surface area contributed by atoms with Crippen LogP contribution in [0.2, 0.25) is 0 Å². The van der Waals surface area contributed by atoms with Crippen LogP contribution in [-0.4, -0.2) is 12.4 Å². The second-order valence-electron chi connectivity index (χ2n) is 4.37. The summed E-state index contributed by atoms with van der Waals surface area (Å²) >= 11 is 0. The van der Waals surface area contributed by atoms with Gasteiger partial charge in [0, 0.05) is 0 Å². The van der Waals surface area contributed by atoms with E-state index in [0.29, 0.717) is 11.1 Å². The highest BCUT2D eigenvalue weighted by molar-refractivity contribution is 5.83. The molecule has 0 aliphatic heterocycles. The molecule has 0 radical (unpaired) electrons. The van der Waals surface area contributed by atoms with E-state index in [1.807, 2.05) is 6.07 Å². The van der Waals surface area contributed by atoms with Crippen molar-refractivity contribution < 1.29 is 8.78 Å². The van der Waals surface area contributed by atoms with E-state index in [0.717, 1.165) is 11.8 Å². The molecule has 0 aliphatic rings. The van der Waals surface area contributed by atoms with Crippen LogP contribution in [0.4, 0.5) is 8.78 Å². The number of benzene rings is 2. The summed E-state index contributed by atoms with van der Waals surface area (Å²) in [7, 11) is 0. The molecule has 0 N–H and O–H groups in total. The van der Waals surface area contributed by atoms with Gasteiger partial charge in [-0.2, -0.15) is 15.5 Å². The van der Waals surface area contributed by atoms with Gasteiger partial charge in [0.2, 0.25) is 0 Å². The molecule has 0 unspecified atom stereocenters. The summed E-state index contributed by atoms with van der Waals surface area (Å²) in [6.45, 7) is 1.61. The number of hydrogen-bond donors (Lipinski definition) is 0. The third-order valence-corrected chi connectivity index (χ3v) is 2.72. The molecule has 0 heterocycles. The number of nitriles is 1. The van der Waals surface area contributed by atoms with Gasteiger partial charge in [-0.05, 0) is 42.3 Å². The van der Waals surface area contributed by atoms with E-state index in [1.165, 1.54) is 18.3 Å². The van der Waals surface area contributed by atoms with Crippen molar-refractivity contribution in [3.8, 4) is 6.07 Å². The molecule has 2 rings (SSSR count). The number of halogens is 2. The highest BCUT2D eigenvalue weighted by atomic mass is 19.1. The third kappa shape index (κ3) is 3.80. The minimum absolute atomic E-state index is 0.224. The molecule has 0 spiro atoms. The maximum atomic E-state index is 13.5. The molecule has 0 saturated carbocycles. The van der Waals surface area contributed by atoms with Gasteiger partial charge in [0.1, 0.15) is 11.6 Å². The fourth-order valence-corrected chi connectivity index (χ4v) is 1.67. The molecule has 21 heavy (non-hydrogen) atoms. The molecule has 0 fully saturated rings. The van der Waals surface area contributed by atoms with Gasteiger partial charge in [-0.15, -0.1) is 0 Å². The molecule has 2 aromatic rings. The number of rotatable bonds is 3. The van der Waals surface area contributed by atoms with Crippen molar-refractivity contribution >= 4 is 12.4 Å². The molecule has 3 nitrogen and oxygen atoms in total. The van der Waals surface area contributed by atoms with E-state index in [-0.39, 0.29) is 5.56 Å². The largest absolute Gasteiger partial charge is 0.206 e. The normalized spacial score (nSPS) is 11.1. The van der Waals surface area contributed by atoms with E-state index in [4.69, 9.17) is 5.26 Å². The molecule has 0 bridgehead atoms. The predicted molar refractivity (Wildman–Crippen MR) is 77.4 cm³/mol. The second-order valence-corrected chi connectivity index (χ2v) is 4.37. The predicted octanol–water partition coefficient (Wildman–Crippen LogP) is 3.60. The quantitative estimate of drug-likeness (QED) is 0.627. The zero-order valence-electron chi connectivity index (χ0n) is 11.2. The zero-order valence-corrected chi connectivity index (χ0v) is 11.2. The highest BCUT2D eigenvalue weighted by Crippen LogP contribution is 2.13. The Bertz CT molecular complexity index is 718. The first-order valence-corrected chi connectivity index (χ1v) is 6.12. The van der Waals surface area contributed by atoms with E-state index < -0.39 is 11.6 Å². The molecule has 0 aliphatic carbocycles. The molecule has 5 heteroatoms. The Morgan fingerprint density at radius 1 is 1.00 bits per heavy atom. The van der Waals surface area contributed by atoms with Crippen LogP contribution >= 0.6 is 0 Å². The van der Waals surface area contributed by atoms with E-state index in [1.54, 1.807) is 31.2 Å². The highest BCUT2D eigenvalue weighted by Gasteiger charge is 2.07. The van der Waals surface area contributed by atoms with Crippen LogP contribution in [0.3, 0.4) is 0 Å². The maximum Gasteiger partial charge on any atom is 0.135 e. The minimum atomic E-state index is -0.676. The van der Waals surface area contributed by atoms with Gasteiger partial charge in [0.25, 0.3) is 0 Å². The van der Waals surface area contributed by atoms with Crippen molar-refractivity contribution in [2.45, 2.75) is 6.92 Å². The van der Waals surface area contributed by atoms with Gasteiger partial charge in [-0.25, -0.2) is 8.78 Å². The van der Waals surface area contributed by atoms with Gasteiger partial charge in [0.15, 0.2) is 0 Å². The standard InChI is InChI=1S/C16H11F2N3/c1-11-6-15(17)14(16(18)7-11)10-21-20-9-13-4-2-12(8-19)3-5-13/h2-7,9-10H,1H3. The zero-order chi connectivity index (χ0) is 15.2. The van der Waals surface area contributed by atoms with Crippen molar-refractivity contribution in [2.24, 2.45) is 10.2 Å². The first kappa shape index (κ1) is 14.5. The monoisotopic (exact) mass is 283 g/mol. The lowest BCUT2D eigenvalue weighted by Crippen LogP contribution is -1.95. The van der Waals surface area contributed by atoms with Crippen LogP contribution in [0.1, 0.15) is 22.3 Å². The van der Waals surface area contributed by atoms with Crippen LogP contribution in [0.5, 0.6) is 0 Å². The second kappa shape index (κ2) is 6.53. The lowest BCUT2D eigenvalue weighted by molar-refractivity contribution is 0.578. The summed E-state index contributed by atoms with van der Waals surface area (Å²) in [5, 5.41) is 16.0. The summed E-state index contributed by atoms with van der Waals surface area (Å²) in [5.41, 5.74) is 1.55. The van der Waals surface area contributed by atoms with Crippen LogP contribution in [0, 0.1) is 29.9 Å². The molecule has 104 valence electrons. The van der Waals surface area contributed by atoms with Crippen LogP contribution in [0.25, 0.3) is 0 Å².